The van der Waals surface area contributed by atoms with Gasteiger partial charge in [-0.15, -0.1) is 0 Å². The number of carbonyl (C=O) groups is 1. The van der Waals surface area contributed by atoms with E-state index < -0.39 is 0 Å². The maximum absolute atomic E-state index is 12.0. The van der Waals surface area contributed by atoms with Crippen LogP contribution in [0.25, 0.3) is 0 Å². The fourth-order valence-electron chi connectivity index (χ4n) is 2.68. The van der Waals surface area contributed by atoms with Gasteiger partial charge in [0.05, 0.1) is 26.1 Å². The van der Waals surface area contributed by atoms with Gasteiger partial charge in [0.2, 0.25) is 5.91 Å². The van der Waals surface area contributed by atoms with Crippen LogP contribution in [0.15, 0.2) is 18.2 Å². The molecule has 1 amide bonds. The van der Waals surface area contributed by atoms with E-state index in [-0.39, 0.29) is 5.91 Å². The molecule has 3 heteroatoms. The van der Waals surface area contributed by atoms with E-state index in [1.165, 1.54) is 37.9 Å². The number of hydrogen-bond acceptors (Lipinski definition) is 1. The highest BCUT2D eigenvalue weighted by molar-refractivity contribution is 5.91. The van der Waals surface area contributed by atoms with Crippen LogP contribution in [0.4, 0.5) is 5.69 Å². The molecule has 0 atom stereocenters. The van der Waals surface area contributed by atoms with Crippen LogP contribution in [0.3, 0.4) is 0 Å². The monoisotopic (exact) mass is 261 g/mol. The first kappa shape index (κ1) is 14.1. The fourth-order valence-corrected chi connectivity index (χ4v) is 2.68. The van der Waals surface area contributed by atoms with Crippen molar-refractivity contribution in [3.05, 3.63) is 29.3 Å². The summed E-state index contributed by atoms with van der Waals surface area (Å²) < 4.78 is 0. The summed E-state index contributed by atoms with van der Waals surface area (Å²) in [5, 5.41) is 3.04. The van der Waals surface area contributed by atoms with E-state index in [4.69, 9.17) is 0 Å². The molecule has 1 aromatic carbocycles. The van der Waals surface area contributed by atoms with Crippen LogP contribution in [-0.2, 0) is 4.79 Å². The predicted molar refractivity (Wildman–Crippen MR) is 78.6 cm³/mol. The smallest absolute Gasteiger partial charge is 0.230 e. The van der Waals surface area contributed by atoms with Gasteiger partial charge >= 0.3 is 0 Å². The molecule has 1 aliphatic rings. The van der Waals surface area contributed by atoms with Gasteiger partial charge in [-0.3, -0.25) is 4.79 Å². The lowest BCUT2D eigenvalue weighted by atomic mass is 10.1. The number of piperidine rings is 1. The number of quaternary nitrogens is 1. The van der Waals surface area contributed by atoms with Gasteiger partial charge in [0.1, 0.15) is 0 Å². The Labute approximate surface area is 116 Å². The van der Waals surface area contributed by atoms with Crippen molar-refractivity contribution in [3.63, 3.8) is 0 Å². The molecular weight excluding hydrogens is 236 g/mol. The van der Waals surface area contributed by atoms with Crippen molar-refractivity contribution in [2.45, 2.75) is 39.5 Å². The Morgan fingerprint density at radius 1 is 1.21 bits per heavy atom. The predicted octanol–water partition coefficient (Wildman–Crippen LogP) is 1.70. The highest BCUT2D eigenvalue weighted by Crippen LogP contribution is 2.16. The van der Waals surface area contributed by atoms with Gasteiger partial charge in [0.25, 0.3) is 0 Å². The number of rotatable bonds is 4. The molecule has 0 radical (unpaired) electrons. The van der Waals surface area contributed by atoms with Gasteiger partial charge in [-0.2, -0.15) is 0 Å². The summed E-state index contributed by atoms with van der Waals surface area (Å²) in [7, 11) is 0. The normalized spacial score (nSPS) is 16.3. The van der Waals surface area contributed by atoms with E-state index in [1.54, 1.807) is 4.90 Å². The Hall–Kier alpha value is -1.35. The lowest BCUT2D eigenvalue weighted by molar-refractivity contribution is -0.904. The molecular formula is C16H25N2O+. The van der Waals surface area contributed by atoms with E-state index in [9.17, 15) is 4.79 Å². The van der Waals surface area contributed by atoms with Crippen LogP contribution in [0.5, 0.6) is 0 Å². The van der Waals surface area contributed by atoms with Crippen LogP contribution < -0.4 is 10.2 Å². The van der Waals surface area contributed by atoms with E-state index >= 15 is 0 Å². The molecule has 1 heterocycles. The van der Waals surface area contributed by atoms with E-state index in [0.29, 0.717) is 6.42 Å². The van der Waals surface area contributed by atoms with Crippen molar-refractivity contribution in [3.8, 4) is 0 Å². The molecule has 0 bridgehead atoms. The number of amides is 1. The summed E-state index contributed by atoms with van der Waals surface area (Å²) in [5.74, 6) is 0.145. The molecule has 1 fully saturated rings. The van der Waals surface area contributed by atoms with Crippen molar-refractivity contribution in [2.24, 2.45) is 0 Å². The second kappa shape index (κ2) is 6.71. The Morgan fingerprint density at radius 2 is 1.95 bits per heavy atom. The molecule has 104 valence electrons. The number of nitrogens with one attached hydrogen (secondary N) is 2. The molecule has 19 heavy (non-hydrogen) atoms. The third kappa shape index (κ3) is 4.35. The first-order valence-electron chi connectivity index (χ1n) is 7.36. The lowest BCUT2D eigenvalue weighted by Gasteiger charge is -2.23. The lowest BCUT2D eigenvalue weighted by Crippen LogP contribution is -3.12. The molecule has 0 spiro atoms. The van der Waals surface area contributed by atoms with Crippen LogP contribution in [0, 0.1) is 13.8 Å². The molecule has 1 aromatic rings. The van der Waals surface area contributed by atoms with Crippen LogP contribution in [0.2, 0.25) is 0 Å². The molecule has 0 aromatic heterocycles. The van der Waals surface area contributed by atoms with Crippen LogP contribution in [-0.4, -0.2) is 25.5 Å². The largest absolute Gasteiger partial charge is 0.335 e. The van der Waals surface area contributed by atoms with Crippen molar-refractivity contribution < 1.29 is 9.69 Å². The number of aryl methyl sites for hydroxylation is 2. The van der Waals surface area contributed by atoms with E-state index in [1.807, 2.05) is 19.9 Å². The minimum absolute atomic E-state index is 0.145. The SMILES string of the molecule is Cc1ccc(C)c(NC(=O)CC[NH+]2CCCCC2)c1. The third-order valence-electron chi connectivity index (χ3n) is 3.93. The Bertz CT molecular complexity index is 436. The van der Waals surface area contributed by atoms with E-state index in [0.717, 1.165) is 17.8 Å². The Balaban J connectivity index is 1.81. The van der Waals surface area contributed by atoms with Gasteiger partial charge in [-0.25, -0.2) is 0 Å². The van der Waals surface area contributed by atoms with Gasteiger partial charge in [0, 0.05) is 5.69 Å². The van der Waals surface area contributed by atoms with Crippen LogP contribution in [0.1, 0.15) is 36.8 Å². The number of anilines is 1. The third-order valence-corrected chi connectivity index (χ3v) is 3.93. The summed E-state index contributed by atoms with van der Waals surface area (Å²) in [5.41, 5.74) is 3.27. The second-order valence-electron chi connectivity index (χ2n) is 5.68. The minimum Gasteiger partial charge on any atom is -0.335 e. The van der Waals surface area contributed by atoms with Crippen molar-refractivity contribution in [1.29, 1.82) is 0 Å². The van der Waals surface area contributed by atoms with Gasteiger partial charge in [-0.05, 0) is 50.3 Å². The highest BCUT2D eigenvalue weighted by Gasteiger charge is 2.15. The zero-order chi connectivity index (χ0) is 13.7. The van der Waals surface area contributed by atoms with Crippen molar-refractivity contribution in [1.82, 2.24) is 0 Å². The summed E-state index contributed by atoms with van der Waals surface area (Å²) in [6.45, 7) is 7.52. The molecule has 1 aliphatic heterocycles. The zero-order valence-electron chi connectivity index (χ0n) is 12.1. The molecule has 3 nitrogen and oxygen atoms in total. The number of hydrogen-bond donors (Lipinski definition) is 2. The van der Waals surface area contributed by atoms with Crippen molar-refractivity contribution >= 4 is 11.6 Å². The summed E-state index contributed by atoms with van der Waals surface area (Å²) >= 11 is 0. The number of likely N-dealkylation sites (tertiary alicyclic amines) is 1. The standard InChI is InChI=1S/C16H24N2O/c1-13-6-7-14(2)15(12-13)17-16(19)8-11-18-9-4-3-5-10-18/h6-7,12H,3-5,8-11H2,1-2H3,(H,17,19)/p+1. The molecule has 2 rings (SSSR count). The molecule has 0 aliphatic carbocycles. The Morgan fingerprint density at radius 3 is 2.68 bits per heavy atom. The average Bonchev–Trinajstić information content (AvgIpc) is 2.42. The van der Waals surface area contributed by atoms with Gasteiger partial charge in [0.15, 0.2) is 0 Å². The van der Waals surface area contributed by atoms with E-state index in [2.05, 4.69) is 17.4 Å². The zero-order valence-corrected chi connectivity index (χ0v) is 12.1. The fraction of sp³-hybridized carbons (Fsp3) is 0.562. The number of carbonyl (C=O) groups excluding carboxylic acids is 1. The molecule has 0 unspecified atom stereocenters. The first-order valence-corrected chi connectivity index (χ1v) is 7.36. The average molecular weight is 261 g/mol. The highest BCUT2D eigenvalue weighted by atomic mass is 16.1. The minimum atomic E-state index is 0.145. The molecule has 1 saturated heterocycles. The number of benzene rings is 1. The quantitative estimate of drug-likeness (QED) is 0.850. The molecule has 2 N–H and O–H groups in total. The molecule has 0 saturated carbocycles. The summed E-state index contributed by atoms with van der Waals surface area (Å²) in [4.78, 5) is 13.6. The van der Waals surface area contributed by atoms with Crippen molar-refractivity contribution in [2.75, 3.05) is 25.0 Å². The first-order chi connectivity index (χ1) is 9.15. The second-order valence-corrected chi connectivity index (χ2v) is 5.68. The van der Waals surface area contributed by atoms with Gasteiger partial charge in [-0.1, -0.05) is 12.1 Å². The maximum Gasteiger partial charge on any atom is 0.230 e. The topological polar surface area (TPSA) is 33.5 Å². The summed E-state index contributed by atoms with van der Waals surface area (Å²) in [6, 6.07) is 6.17. The van der Waals surface area contributed by atoms with Gasteiger partial charge < -0.3 is 10.2 Å². The Kier molecular flexibility index (Phi) is 4.97. The van der Waals surface area contributed by atoms with Crippen LogP contribution >= 0.6 is 0 Å². The maximum atomic E-state index is 12.0. The summed E-state index contributed by atoms with van der Waals surface area (Å²) in [6.07, 6.45) is 4.61.